The number of nitrogen functional groups attached to an aromatic ring is 1. The van der Waals surface area contributed by atoms with Gasteiger partial charge in [-0.3, -0.25) is 10.1 Å². The minimum absolute atomic E-state index is 0.0476. The number of unbranched alkanes of at least 4 members (excludes halogenated alkanes) is 2. The molecule has 0 unspecified atom stereocenters. The molecule has 0 aliphatic heterocycles. The maximum atomic E-state index is 10.6. The summed E-state index contributed by atoms with van der Waals surface area (Å²) in [6.45, 7) is 3.12. The normalized spacial score (nSPS) is 10.4. The predicted octanol–water partition coefficient (Wildman–Crippen LogP) is 2.88. The second kappa shape index (κ2) is 6.85. The van der Waals surface area contributed by atoms with Gasteiger partial charge in [0, 0.05) is 30.0 Å². The molecule has 2 N–H and O–H groups in total. The van der Waals surface area contributed by atoms with Crippen LogP contribution in [0.3, 0.4) is 0 Å². The molecule has 94 valence electrons. The van der Waals surface area contributed by atoms with Crippen LogP contribution in [-0.4, -0.2) is 11.5 Å². The Balaban J connectivity index is 2.51. The van der Waals surface area contributed by atoms with E-state index < -0.39 is 4.92 Å². The molecule has 5 nitrogen and oxygen atoms in total. The molecule has 17 heavy (non-hydrogen) atoms. The largest absolute Gasteiger partial charge is 0.398 e. The van der Waals surface area contributed by atoms with Crippen molar-refractivity contribution in [3.8, 4) is 0 Å². The number of anilines is 1. The number of non-ortho nitro benzene ring substituents is 1. The van der Waals surface area contributed by atoms with Gasteiger partial charge < -0.3 is 10.5 Å². The van der Waals surface area contributed by atoms with Crippen molar-refractivity contribution >= 4 is 11.4 Å². The van der Waals surface area contributed by atoms with Crippen LogP contribution in [0.4, 0.5) is 11.4 Å². The zero-order valence-electron chi connectivity index (χ0n) is 10.0. The Morgan fingerprint density at radius 1 is 1.41 bits per heavy atom. The molecule has 0 bridgehead atoms. The lowest BCUT2D eigenvalue weighted by Crippen LogP contribution is -2.01. The van der Waals surface area contributed by atoms with E-state index in [2.05, 4.69) is 6.92 Å². The number of nitrogens with two attached hydrogens (primary N) is 1. The first-order valence-electron chi connectivity index (χ1n) is 5.75. The molecule has 0 radical (unpaired) electrons. The standard InChI is InChI=1S/C12H18N2O3/c1-2-3-4-7-17-9-10-8-11(14(15)16)5-6-12(10)13/h5-6,8H,2-4,7,9,13H2,1H3. The summed E-state index contributed by atoms with van der Waals surface area (Å²) in [5.74, 6) is 0. The Morgan fingerprint density at radius 2 is 2.18 bits per heavy atom. The van der Waals surface area contributed by atoms with E-state index in [-0.39, 0.29) is 5.69 Å². The van der Waals surface area contributed by atoms with E-state index >= 15 is 0 Å². The van der Waals surface area contributed by atoms with Crippen LogP contribution in [0, 0.1) is 10.1 Å². The van der Waals surface area contributed by atoms with Crippen molar-refractivity contribution in [1.29, 1.82) is 0 Å². The van der Waals surface area contributed by atoms with Crippen molar-refractivity contribution in [2.24, 2.45) is 0 Å². The summed E-state index contributed by atoms with van der Waals surface area (Å²) in [6.07, 6.45) is 3.28. The first-order chi connectivity index (χ1) is 8.15. The predicted molar refractivity (Wildman–Crippen MR) is 66.7 cm³/mol. The SMILES string of the molecule is CCCCCOCc1cc([N+](=O)[O-])ccc1N. The highest BCUT2D eigenvalue weighted by molar-refractivity contribution is 5.52. The van der Waals surface area contributed by atoms with Gasteiger partial charge >= 0.3 is 0 Å². The van der Waals surface area contributed by atoms with Crippen LogP contribution in [-0.2, 0) is 11.3 Å². The quantitative estimate of drug-likeness (QED) is 0.343. The average molecular weight is 238 g/mol. The molecule has 1 rings (SSSR count). The van der Waals surface area contributed by atoms with E-state index in [1.807, 2.05) is 0 Å². The lowest BCUT2D eigenvalue weighted by atomic mass is 10.1. The molecule has 1 aromatic rings. The molecular formula is C12H18N2O3. The summed E-state index contributed by atoms with van der Waals surface area (Å²) < 4.78 is 5.43. The maximum absolute atomic E-state index is 10.6. The van der Waals surface area contributed by atoms with Crippen LogP contribution in [0.1, 0.15) is 31.7 Å². The molecular weight excluding hydrogens is 220 g/mol. The molecule has 0 aliphatic carbocycles. The third-order valence-electron chi connectivity index (χ3n) is 2.49. The highest BCUT2D eigenvalue weighted by Gasteiger charge is 2.08. The fourth-order valence-corrected chi connectivity index (χ4v) is 1.47. The molecule has 1 aromatic carbocycles. The zero-order valence-corrected chi connectivity index (χ0v) is 10.0. The second-order valence-corrected chi connectivity index (χ2v) is 3.90. The summed E-state index contributed by atoms with van der Waals surface area (Å²) in [5.41, 5.74) is 6.99. The van der Waals surface area contributed by atoms with Crippen LogP contribution in [0.5, 0.6) is 0 Å². The van der Waals surface area contributed by atoms with E-state index in [9.17, 15) is 10.1 Å². The van der Waals surface area contributed by atoms with Gasteiger partial charge in [-0.15, -0.1) is 0 Å². The topological polar surface area (TPSA) is 78.4 Å². The Kier molecular flexibility index (Phi) is 5.42. The summed E-state index contributed by atoms with van der Waals surface area (Å²) in [4.78, 5) is 10.2. The van der Waals surface area contributed by atoms with Crippen molar-refractivity contribution in [3.63, 3.8) is 0 Å². The number of benzene rings is 1. The summed E-state index contributed by atoms with van der Waals surface area (Å²) in [6, 6.07) is 4.41. The molecule has 5 heteroatoms. The molecule has 0 aliphatic rings. The smallest absolute Gasteiger partial charge is 0.269 e. The molecule has 0 atom stereocenters. The fourth-order valence-electron chi connectivity index (χ4n) is 1.47. The first-order valence-corrected chi connectivity index (χ1v) is 5.75. The molecule has 0 amide bonds. The van der Waals surface area contributed by atoms with Gasteiger partial charge in [0.15, 0.2) is 0 Å². The van der Waals surface area contributed by atoms with E-state index in [0.29, 0.717) is 24.5 Å². The highest BCUT2D eigenvalue weighted by atomic mass is 16.6. The third-order valence-corrected chi connectivity index (χ3v) is 2.49. The fraction of sp³-hybridized carbons (Fsp3) is 0.500. The van der Waals surface area contributed by atoms with Gasteiger partial charge in [-0.25, -0.2) is 0 Å². The minimum atomic E-state index is -0.431. The number of ether oxygens (including phenoxy) is 1. The summed E-state index contributed by atoms with van der Waals surface area (Å²) in [7, 11) is 0. The van der Waals surface area contributed by atoms with Crippen molar-refractivity contribution in [1.82, 2.24) is 0 Å². The molecule has 0 aromatic heterocycles. The third kappa shape index (κ3) is 4.40. The van der Waals surface area contributed by atoms with Crippen LogP contribution < -0.4 is 5.73 Å². The number of nitro groups is 1. The number of hydrogen-bond acceptors (Lipinski definition) is 4. The second-order valence-electron chi connectivity index (χ2n) is 3.90. The van der Waals surface area contributed by atoms with Crippen molar-refractivity contribution in [2.45, 2.75) is 32.8 Å². The van der Waals surface area contributed by atoms with E-state index in [1.165, 1.54) is 12.1 Å². The van der Waals surface area contributed by atoms with Gasteiger partial charge in [0.1, 0.15) is 0 Å². The lowest BCUT2D eigenvalue weighted by molar-refractivity contribution is -0.384. The first kappa shape index (κ1) is 13.4. The van der Waals surface area contributed by atoms with Gasteiger partial charge in [0.25, 0.3) is 5.69 Å². The van der Waals surface area contributed by atoms with E-state index in [0.717, 1.165) is 19.3 Å². The van der Waals surface area contributed by atoms with Gasteiger partial charge in [-0.1, -0.05) is 19.8 Å². The van der Waals surface area contributed by atoms with Crippen LogP contribution in [0.25, 0.3) is 0 Å². The van der Waals surface area contributed by atoms with Crippen molar-refractivity contribution < 1.29 is 9.66 Å². The number of rotatable bonds is 7. The Bertz CT molecular complexity index is 380. The number of nitro benzene ring substituents is 1. The Morgan fingerprint density at radius 3 is 2.82 bits per heavy atom. The van der Waals surface area contributed by atoms with Gasteiger partial charge in [0.05, 0.1) is 11.5 Å². The monoisotopic (exact) mass is 238 g/mol. The average Bonchev–Trinajstić information content (AvgIpc) is 2.30. The van der Waals surface area contributed by atoms with Gasteiger partial charge in [0.2, 0.25) is 0 Å². The summed E-state index contributed by atoms with van der Waals surface area (Å²) in [5, 5.41) is 10.6. The summed E-state index contributed by atoms with van der Waals surface area (Å²) >= 11 is 0. The zero-order chi connectivity index (χ0) is 12.7. The van der Waals surface area contributed by atoms with Gasteiger partial charge in [-0.05, 0) is 12.5 Å². The van der Waals surface area contributed by atoms with Crippen molar-refractivity contribution in [2.75, 3.05) is 12.3 Å². The van der Waals surface area contributed by atoms with Crippen molar-refractivity contribution in [3.05, 3.63) is 33.9 Å². The molecule has 0 spiro atoms. The molecule has 0 fully saturated rings. The number of hydrogen-bond donors (Lipinski definition) is 1. The number of nitrogens with zero attached hydrogens (tertiary/aromatic N) is 1. The Labute approximate surface area is 101 Å². The minimum Gasteiger partial charge on any atom is -0.398 e. The van der Waals surface area contributed by atoms with E-state index in [1.54, 1.807) is 6.07 Å². The maximum Gasteiger partial charge on any atom is 0.269 e. The van der Waals surface area contributed by atoms with Crippen LogP contribution >= 0.6 is 0 Å². The molecule has 0 heterocycles. The lowest BCUT2D eigenvalue weighted by Gasteiger charge is -2.06. The van der Waals surface area contributed by atoms with Crippen LogP contribution in [0.15, 0.2) is 18.2 Å². The molecule has 0 saturated heterocycles. The van der Waals surface area contributed by atoms with E-state index in [4.69, 9.17) is 10.5 Å². The van der Waals surface area contributed by atoms with Gasteiger partial charge in [-0.2, -0.15) is 0 Å². The Hall–Kier alpha value is -1.62. The highest BCUT2D eigenvalue weighted by Crippen LogP contribution is 2.20. The molecule has 0 saturated carbocycles. The van der Waals surface area contributed by atoms with Crippen LogP contribution in [0.2, 0.25) is 0 Å².